The summed E-state index contributed by atoms with van der Waals surface area (Å²) < 4.78 is 0. The number of carboxylic acid groups (broad SMARTS) is 1. The van der Waals surface area contributed by atoms with Crippen LogP contribution in [0.3, 0.4) is 0 Å². The summed E-state index contributed by atoms with van der Waals surface area (Å²) in [6.07, 6.45) is 0.750. The van der Waals surface area contributed by atoms with E-state index in [2.05, 4.69) is 4.98 Å². The number of halogens is 1. The summed E-state index contributed by atoms with van der Waals surface area (Å²) in [5.41, 5.74) is 1.69. The summed E-state index contributed by atoms with van der Waals surface area (Å²) in [7, 11) is 0. The van der Waals surface area contributed by atoms with Gasteiger partial charge in [0.05, 0.1) is 5.52 Å². The molecule has 0 aliphatic heterocycles. The van der Waals surface area contributed by atoms with Gasteiger partial charge in [-0.05, 0) is 36.2 Å². The zero-order valence-electron chi connectivity index (χ0n) is 8.70. The first-order valence-corrected chi connectivity index (χ1v) is 5.32. The SMILES string of the molecule is CCc1cc(C(=O)O)nc2ccc(Cl)cc12. The van der Waals surface area contributed by atoms with Gasteiger partial charge >= 0.3 is 5.97 Å². The average molecular weight is 236 g/mol. The normalized spacial score (nSPS) is 10.6. The predicted molar refractivity (Wildman–Crippen MR) is 63.1 cm³/mol. The van der Waals surface area contributed by atoms with Gasteiger partial charge in [0.15, 0.2) is 0 Å². The Morgan fingerprint density at radius 1 is 1.44 bits per heavy atom. The third-order valence-electron chi connectivity index (χ3n) is 2.46. The number of hydrogen-bond acceptors (Lipinski definition) is 2. The van der Waals surface area contributed by atoms with Crippen molar-refractivity contribution in [3.05, 3.63) is 40.5 Å². The van der Waals surface area contributed by atoms with E-state index in [4.69, 9.17) is 16.7 Å². The molecule has 0 bridgehead atoms. The molecule has 3 nitrogen and oxygen atoms in total. The van der Waals surface area contributed by atoms with Crippen molar-refractivity contribution in [1.82, 2.24) is 4.98 Å². The summed E-state index contributed by atoms with van der Waals surface area (Å²) in [6.45, 7) is 1.97. The van der Waals surface area contributed by atoms with Gasteiger partial charge in [-0.1, -0.05) is 18.5 Å². The van der Waals surface area contributed by atoms with Crippen LogP contribution < -0.4 is 0 Å². The molecule has 1 aromatic heterocycles. The molecular formula is C12H10ClNO2. The summed E-state index contributed by atoms with van der Waals surface area (Å²) >= 11 is 5.91. The Bertz CT molecular complexity index is 566. The van der Waals surface area contributed by atoms with Crippen LogP contribution in [0.4, 0.5) is 0 Å². The third-order valence-corrected chi connectivity index (χ3v) is 2.69. The van der Waals surface area contributed by atoms with Crippen molar-refractivity contribution >= 4 is 28.5 Å². The first-order valence-electron chi connectivity index (χ1n) is 4.94. The number of hydrogen-bond donors (Lipinski definition) is 1. The minimum absolute atomic E-state index is 0.0756. The maximum Gasteiger partial charge on any atom is 0.354 e. The minimum atomic E-state index is -1.01. The fourth-order valence-electron chi connectivity index (χ4n) is 1.67. The first-order chi connectivity index (χ1) is 7.61. The second-order valence-electron chi connectivity index (χ2n) is 3.49. The van der Waals surface area contributed by atoms with Crippen molar-refractivity contribution in [2.24, 2.45) is 0 Å². The van der Waals surface area contributed by atoms with E-state index in [0.717, 1.165) is 17.4 Å². The van der Waals surface area contributed by atoms with Crippen LogP contribution in [0.1, 0.15) is 23.0 Å². The molecule has 0 spiro atoms. The van der Waals surface area contributed by atoms with Crippen molar-refractivity contribution < 1.29 is 9.90 Å². The highest BCUT2D eigenvalue weighted by Gasteiger charge is 2.09. The molecule has 2 rings (SSSR count). The van der Waals surface area contributed by atoms with Crippen molar-refractivity contribution in [3.8, 4) is 0 Å². The molecule has 0 saturated heterocycles. The quantitative estimate of drug-likeness (QED) is 0.870. The van der Waals surface area contributed by atoms with Crippen LogP contribution in [-0.2, 0) is 6.42 Å². The lowest BCUT2D eigenvalue weighted by molar-refractivity contribution is 0.0691. The number of aromatic carboxylic acids is 1. The van der Waals surface area contributed by atoms with Crippen LogP contribution in [0.15, 0.2) is 24.3 Å². The van der Waals surface area contributed by atoms with E-state index in [9.17, 15) is 4.79 Å². The second-order valence-corrected chi connectivity index (χ2v) is 3.92. The van der Waals surface area contributed by atoms with Crippen LogP contribution >= 0.6 is 11.6 Å². The lowest BCUT2D eigenvalue weighted by Crippen LogP contribution is -2.02. The molecular weight excluding hydrogens is 226 g/mol. The Labute approximate surface area is 97.7 Å². The van der Waals surface area contributed by atoms with Gasteiger partial charge in [-0.15, -0.1) is 0 Å². The number of carbonyl (C=O) groups is 1. The van der Waals surface area contributed by atoms with Crippen LogP contribution in [-0.4, -0.2) is 16.1 Å². The number of pyridine rings is 1. The second kappa shape index (κ2) is 4.10. The minimum Gasteiger partial charge on any atom is -0.477 e. The van der Waals surface area contributed by atoms with Gasteiger partial charge in [-0.25, -0.2) is 9.78 Å². The number of benzene rings is 1. The molecule has 0 atom stereocenters. The number of rotatable bonds is 2. The Hall–Kier alpha value is -1.61. The molecule has 2 aromatic rings. The van der Waals surface area contributed by atoms with Crippen LogP contribution in [0.5, 0.6) is 0 Å². The fraction of sp³-hybridized carbons (Fsp3) is 0.167. The van der Waals surface area contributed by atoms with E-state index in [0.29, 0.717) is 10.5 Å². The monoisotopic (exact) mass is 235 g/mol. The van der Waals surface area contributed by atoms with Gasteiger partial charge in [-0.3, -0.25) is 0 Å². The maximum atomic E-state index is 10.9. The summed E-state index contributed by atoms with van der Waals surface area (Å²) in [6, 6.07) is 6.86. The average Bonchev–Trinajstić information content (AvgIpc) is 2.27. The van der Waals surface area contributed by atoms with E-state index < -0.39 is 5.97 Å². The van der Waals surface area contributed by atoms with Crippen molar-refractivity contribution in [1.29, 1.82) is 0 Å². The highest BCUT2D eigenvalue weighted by molar-refractivity contribution is 6.31. The largest absolute Gasteiger partial charge is 0.477 e. The van der Waals surface area contributed by atoms with Crippen molar-refractivity contribution in [2.45, 2.75) is 13.3 Å². The van der Waals surface area contributed by atoms with Crippen LogP contribution in [0.2, 0.25) is 5.02 Å². The van der Waals surface area contributed by atoms with Crippen molar-refractivity contribution in [3.63, 3.8) is 0 Å². The van der Waals surface area contributed by atoms with Gasteiger partial charge in [0, 0.05) is 10.4 Å². The summed E-state index contributed by atoms with van der Waals surface area (Å²) in [5, 5.41) is 10.5. The lowest BCUT2D eigenvalue weighted by atomic mass is 10.1. The molecule has 0 aliphatic carbocycles. The Morgan fingerprint density at radius 3 is 2.81 bits per heavy atom. The van der Waals surface area contributed by atoms with Gasteiger partial charge in [0.2, 0.25) is 0 Å². The van der Waals surface area contributed by atoms with E-state index >= 15 is 0 Å². The molecule has 82 valence electrons. The van der Waals surface area contributed by atoms with E-state index in [1.165, 1.54) is 0 Å². The summed E-state index contributed by atoms with van der Waals surface area (Å²) in [5.74, 6) is -1.01. The highest BCUT2D eigenvalue weighted by atomic mass is 35.5. The molecule has 0 radical (unpaired) electrons. The molecule has 0 amide bonds. The Balaban J connectivity index is 2.78. The van der Waals surface area contributed by atoms with E-state index in [-0.39, 0.29) is 5.69 Å². The molecule has 0 fully saturated rings. The molecule has 4 heteroatoms. The zero-order chi connectivity index (χ0) is 11.7. The van der Waals surface area contributed by atoms with Gasteiger partial charge < -0.3 is 5.11 Å². The van der Waals surface area contributed by atoms with E-state index in [1.54, 1.807) is 18.2 Å². The molecule has 0 saturated carbocycles. The van der Waals surface area contributed by atoms with Crippen molar-refractivity contribution in [2.75, 3.05) is 0 Å². The third kappa shape index (κ3) is 1.86. The topological polar surface area (TPSA) is 50.2 Å². The number of aryl methyl sites for hydroxylation is 1. The summed E-state index contributed by atoms with van der Waals surface area (Å²) in [4.78, 5) is 15.0. The Kier molecular flexibility index (Phi) is 2.79. The number of carboxylic acids is 1. The molecule has 16 heavy (non-hydrogen) atoms. The van der Waals surface area contributed by atoms with Gasteiger partial charge in [-0.2, -0.15) is 0 Å². The first kappa shape index (κ1) is 10.9. The molecule has 1 N–H and O–H groups in total. The van der Waals surface area contributed by atoms with Crippen LogP contribution in [0.25, 0.3) is 10.9 Å². The Morgan fingerprint density at radius 2 is 2.19 bits per heavy atom. The predicted octanol–water partition coefficient (Wildman–Crippen LogP) is 3.15. The zero-order valence-corrected chi connectivity index (χ0v) is 9.45. The molecule has 0 unspecified atom stereocenters. The lowest BCUT2D eigenvalue weighted by Gasteiger charge is -2.06. The molecule has 1 heterocycles. The standard InChI is InChI=1S/C12H10ClNO2/c1-2-7-5-11(12(15)16)14-10-4-3-8(13)6-9(7)10/h3-6H,2H2,1H3,(H,15,16). The number of aromatic nitrogens is 1. The maximum absolute atomic E-state index is 10.9. The van der Waals surface area contributed by atoms with Crippen LogP contribution in [0, 0.1) is 0 Å². The molecule has 1 aromatic carbocycles. The number of fused-ring (bicyclic) bond motifs is 1. The smallest absolute Gasteiger partial charge is 0.354 e. The van der Waals surface area contributed by atoms with Gasteiger partial charge in [0.1, 0.15) is 5.69 Å². The fourth-order valence-corrected chi connectivity index (χ4v) is 1.84. The molecule has 0 aliphatic rings. The number of nitrogens with zero attached hydrogens (tertiary/aromatic N) is 1. The van der Waals surface area contributed by atoms with E-state index in [1.807, 2.05) is 13.0 Å². The van der Waals surface area contributed by atoms with Gasteiger partial charge in [0.25, 0.3) is 0 Å². The highest BCUT2D eigenvalue weighted by Crippen LogP contribution is 2.22.